The van der Waals surface area contributed by atoms with Crippen molar-refractivity contribution < 1.29 is 17.6 Å². The highest BCUT2D eigenvalue weighted by Gasteiger charge is 2.39. The van der Waals surface area contributed by atoms with Gasteiger partial charge in [-0.25, -0.2) is 13.1 Å². The van der Waals surface area contributed by atoms with Gasteiger partial charge in [0, 0.05) is 30.1 Å². The van der Waals surface area contributed by atoms with Crippen LogP contribution in [-0.4, -0.2) is 44.6 Å². The molecule has 1 fully saturated rings. The minimum absolute atomic E-state index is 0.0700. The minimum atomic E-state index is -3.33. The van der Waals surface area contributed by atoms with Gasteiger partial charge in [0.15, 0.2) is 5.76 Å². The summed E-state index contributed by atoms with van der Waals surface area (Å²) in [6, 6.07) is 5.61. The number of fused-ring (bicyclic) bond motifs is 1. The van der Waals surface area contributed by atoms with E-state index in [9.17, 15) is 13.2 Å². The average Bonchev–Trinajstić information content (AvgIpc) is 3.06. The smallest absolute Gasteiger partial charge is 0.289 e. The van der Waals surface area contributed by atoms with Crippen LogP contribution < -0.4 is 4.72 Å². The van der Waals surface area contributed by atoms with Crippen molar-refractivity contribution >= 4 is 26.9 Å². The molecule has 0 bridgehead atoms. The predicted octanol–water partition coefficient (Wildman–Crippen LogP) is 2.70. The van der Waals surface area contributed by atoms with E-state index >= 15 is 0 Å². The first-order valence-electron chi connectivity index (χ1n) is 8.83. The lowest BCUT2D eigenvalue weighted by Crippen LogP contribution is -2.41. The molecule has 1 amide bonds. The maximum atomic E-state index is 13.1. The molecule has 2 heterocycles. The number of hydrogen-bond donors (Lipinski definition) is 1. The van der Waals surface area contributed by atoms with Gasteiger partial charge in [0.2, 0.25) is 10.0 Å². The van der Waals surface area contributed by atoms with Crippen LogP contribution in [0.4, 0.5) is 0 Å². The SMILES string of the molecule is Cc1ccc2c(C)c(C(=O)N3CC(NS(C)(=O)=O)C(C(C)C)C3)oc2c1. The number of rotatable bonds is 4. The van der Waals surface area contributed by atoms with Gasteiger partial charge in [-0.15, -0.1) is 0 Å². The molecule has 1 N–H and O–H groups in total. The third-order valence-corrected chi connectivity index (χ3v) is 5.89. The van der Waals surface area contributed by atoms with Gasteiger partial charge >= 0.3 is 0 Å². The first-order chi connectivity index (χ1) is 12.1. The number of carbonyl (C=O) groups excluding carboxylic acids is 1. The molecule has 2 aromatic rings. The molecule has 1 aliphatic heterocycles. The molecule has 7 heteroatoms. The van der Waals surface area contributed by atoms with Crippen molar-refractivity contribution in [3.8, 4) is 0 Å². The summed E-state index contributed by atoms with van der Waals surface area (Å²) in [4.78, 5) is 14.8. The summed E-state index contributed by atoms with van der Waals surface area (Å²) in [5.41, 5.74) is 2.60. The summed E-state index contributed by atoms with van der Waals surface area (Å²) in [5, 5.41) is 0.935. The van der Waals surface area contributed by atoms with Gasteiger partial charge < -0.3 is 9.32 Å². The summed E-state index contributed by atoms with van der Waals surface area (Å²) in [6.45, 7) is 8.82. The lowest BCUT2D eigenvalue weighted by molar-refractivity contribution is 0.0752. The number of benzene rings is 1. The van der Waals surface area contributed by atoms with Crippen LogP contribution in [0.15, 0.2) is 22.6 Å². The molecule has 142 valence electrons. The lowest BCUT2D eigenvalue weighted by Gasteiger charge is -2.21. The molecule has 1 aromatic carbocycles. The van der Waals surface area contributed by atoms with E-state index in [4.69, 9.17) is 4.42 Å². The number of likely N-dealkylation sites (tertiary alicyclic amines) is 1. The second-order valence-electron chi connectivity index (χ2n) is 7.67. The Labute approximate surface area is 154 Å². The van der Waals surface area contributed by atoms with Gasteiger partial charge in [-0.05, 0) is 37.3 Å². The summed E-state index contributed by atoms with van der Waals surface area (Å²) in [7, 11) is -3.33. The largest absolute Gasteiger partial charge is 0.451 e. The van der Waals surface area contributed by atoms with Crippen molar-refractivity contribution in [2.75, 3.05) is 19.3 Å². The van der Waals surface area contributed by atoms with Gasteiger partial charge in [0.05, 0.1) is 6.26 Å². The van der Waals surface area contributed by atoms with Crippen molar-refractivity contribution in [3.05, 3.63) is 35.1 Å². The first-order valence-corrected chi connectivity index (χ1v) is 10.7. The molecular formula is C19H26N2O4S. The lowest BCUT2D eigenvalue weighted by atomic mass is 9.92. The standard InChI is InChI=1S/C19H26N2O4S/c1-11(2)15-9-21(10-16(15)20-26(5,23)24)19(22)18-13(4)14-7-6-12(3)8-17(14)25-18/h6-8,11,15-16,20H,9-10H2,1-5H3. The molecular weight excluding hydrogens is 352 g/mol. The molecule has 3 rings (SSSR count). The average molecular weight is 378 g/mol. The number of hydrogen-bond acceptors (Lipinski definition) is 4. The van der Waals surface area contributed by atoms with Gasteiger partial charge in [0.25, 0.3) is 5.91 Å². The van der Waals surface area contributed by atoms with Crippen molar-refractivity contribution in [2.45, 2.75) is 33.7 Å². The molecule has 1 aromatic heterocycles. The van der Waals surface area contributed by atoms with E-state index < -0.39 is 10.0 Å². The molecule has 6 nitrogen and oxygen atoms in total. The van der Waals surface area contributed by atoms with Crippen LogP contribution in [0.5, 0.6) is 0 Å². The molecule has 2 atom stereocenters. The summed E-state index contributed by atoms with van der Waals surface area (Å²) in [6.07, 6.45) is 1.15. The second kappa shape index (κ2) is 6.70. The van der Waals surface area contributed by atoms with Gasteiger partial charge in [0.1, 0.15) is 5.58 Å². The first kappa shape index (κ1) is 18.9. The van der Waals surface area contributed by atoms with E-state index in [1.54, 1.807) is 4.90 Å². The van der Waals surface area contributed by atoms with Crippen molar-refractivity contribution in [2.24, 2.45) is 11.8 Å². The Hall–Kier alpha value is -1.86. The van der Waals surface area contributed by atoms with Gasteiger partial charge in [-0.3, -0.25) is 4.79 Å². The maximum absolute atomic E-state index is 13.1. The Morgan fingerprint density at radius 2 is 1.96 bits per heavy atom. The quantitative estimate of drug-likeness (QED) is 0.887. The topological polar surface area (TPSA) is 79.6 Å². The maximum Gasteiger partial charge on any atom is 0.289 e. The third-order valence-electron chi connectivity index (χ3n) is 5.16. The fourth-order valence-electron chi connectivity index (χ4n) is 3.75. The van der Waals surface area contributed by atoms with Gasteiger partial charge in [-0.2, -0.15) is 0 Å². The normalized spacial score (nSPS) is 21.1. The Balaban J connectivity index is 1.89. The van der Waals surface area contributed by atoms with Crippen molar-refractivity contribution in [1.82, 2.24) is 9.62 Å². The summed E-state index contributed by atoms with van der Waals surface area (Å²) in [5.74, 6) is 0.486. The second-order valence-corrected chi connectivity index (χ2v) is 9.45. The van der Waals surface area contributed by atoms with E-state index in [1.807, 2.05) is 45.9 Å². The van der Waals surface area contributed by atoms with Crippen LogP contribution in [0.1, 0.15) is 35.5 Å². The summed E-state index contributed by atoms with van der Waals surface area (Å²) < 4.78 is 31.9. The Morgan fingerprint density at radius 1 is 1.27 bits per heavy atom. The van der Waals surface area contributed by atoms with E-state index in [1.165, 1.54) is 0 Å². The number of amides is 1. The molecule has 2 unspecified atom stereocenters. The zero-order valence-electron chi connectivity index (χ0n) is 15.9. The number of sulfonamides is 1. The van der Waals surface area contributed by atoms with Crippen LogP contribution in [-0.2, 0) is 10.0 Å². The molecule has 26 heavy (non-hydrogen) atoms. The monoisotopic (exact) mass is 378 g/mol. The minimum Gasteiger partial charge on any atom is -0.451 e. The number of carbonyl (C=O) groups is 1. The van der Waals surface area contributed by atoms with Crippen LogP contribution >= 0.6 is 0 Å². The van der Waals surface area contributed by atoms with E-state index in [-0.39, 0.29) is 23.8 Å². The highest BCUT2D eigenvalue weighted by molar-refractivity contribution is 7.88. The fraction of sp³-hybridized carbons (Fsp3) is 0.526. The Kier molecular flexibility index (Phi) is 4.88. The summed E-state index contributed by atoms with van der Waals surface area (Å²) >= 11 is 0. The number of aryl methyl sites for hydroxylation is 2. The Morgan fingerprint density at radius 3 is 2.58 bits per heavy atom. The van der Waals surface area contributed by atoms with Crippen LogP contribution in [0.3, 0.4) is 0 Å². The molecule has 0 radical (unpaired) electrons. The Bertz CT molecular complexity index is 946. The van der Waals surface area contributed by atoms with Crippen molar-refractivity contribution in [3.63, 3.8) is 0 Å². The zero-order valence-corrected chi connectivity index (χ0v) is 16.7. The van der Waals surface area contributed by atoms with E-state index in [0.717, 1.165) is 22.8 Å². The highest BCUT2D eigenvalue weighted by Crippen LogP contribution is 2.30. The molecule has 1 saturated heterocycles. The number of nitrogens with zero attached hydrogens (tertiary/aromatic N) is 1. The molecule has 0 spiro atoms. The molecule has 0 aliphatic carbocycles. The third kappa shape index (κ3) is 3.64. The van der Waals surface area contributed by atoms with E-state index in [0.29, 0.717) is 24.4 Å². The fourth-order valence-corrected chi connectivity index (χ4v) is 4.55. The van der Waals surface area contributed by atoms with E-state index in [2.05, 4.69) is 4.72 Å². The van der Waals surface area contributed by atoms with Crippen LogP contribution in [0.25, 0.3) is 11.0 Å². The highest BCUT2D eigenvalue weighted by atomic mass is 32.2. The zero-order chi connectivity index (χ0) is 19.2. The van der Waals surface area contributed by atoms with Crippen LogP contribution in [0.2, 0.25) is 0 Å². The van der Waals surface area contributed by atoms with Crippen LogP contribution in [0, 0.1) is 25.7 Å². The van der Waals surface area contributed by atoms with Crippen molar-refractivity contribution in [1.29, 1.82) is 0 Å². The molecule has 0 saturated carbocycles. The number of furan rings is 1. The van der Waals surface area contributed by atoms with Gasteiger partial charge in [-0.1, -0.05) is 26.0 Å². The number of nitrogens with one attached hydrogen (secondary N) is 1. The predicted molar refractivity (Wildman–Crippen MR) is 102 cm³/mol. The molecule has 1 aliphatic rings.